The first-order valence-corrected chi connectivity index (χ1v) is 9.78. The molecule has 2 aliphatic carbocycles. The van der Waals surface area contributed by atoms with Crippen LogP contribution < -0.4 is 0 Å². The molecule has 1 saturated heterocycles. The highest BCUT2D eigenvalue weighted by atomic mass is 19.4. The molecule has 150 valence electrons. The van der Waals surface area contributed by atoms with Crippen molar-refractivity contribution in [2.24, 2.45) is 11.8 Å². The Labute approximate surface area is 160 Å². The third kappa shape index (κ3) is 3.02. The Morgan fingerprint density at radius 3 is 2.50 bits per heavy atom. The van der Waals surface area contributed by atoms with Gasteiger partial charge in [-0.3, -0.25) is 4.98 Å². The monoisotopic (exact) mass is 394 g/mol. The first kappa shape index (κ1) is 18.1. The topological polar surface area (TPSA) is 34.0 Å². The minimum absolute atomic E-state index is 0.0252. The van der Waals surface area contributed by atoms with Gasteiger partial charge in [0.1, 0.15) is 12.5 Å². The van der Waals surface area contributed by atoms with Crippen LogP contribution in [0.25, 0.3) is 11.3 Å². The van der Waals surface area contributed by atoms with Gasteiger partial charge in [0.2, 0.25) is 0 Å². The van der Waals surface area contributed by atoms with Crippen molar-refractivity contribution in [1.82, 2.24) is 19.4 Å². The first-order valence-electron chi connectivity index (χ1n) is 9.78. The second-order valence-corrected chi connectivity index (χ2v) is 8.29. The van der Waals surface area contributed by atoms with E-state index in [1.165, 1.54) is 13.1 Å². The molecule has 1 unspecified atom stereocenters. The lowest BCUT2D eigenvalue weighted by Crippen LogP contribution is -2.27. The van der Waals surface area contributed by atoms with Gasteiger partial charge in [-0.05, 0) is 37.7 Å². The predicted octanol–water partition coefficient (Wildman–Crippen LogP) is 4.22. The predicted molar refractivity (Wildman–Crippen MR) is 95.6 cm³/mol. The van der Waals surface area contributed by atoms with Gasteiger partial charge in [-0.25, -0.2) is 9.37 Å². The molecule has 0 radical (unpaired) electrons. The second-order valence-electron chi connectivity index (χ2n) is 8.29. The summed E-state index contributed by atoms with van der Waals surface area (Å²) in [6.07, 6.45) is 1.11. The van der Waals surface area contributed by atoms with Crippen molar-refractivity contribution in [2.45, 2.75) is 37.9 Å². The van der Waals surface area contributed by atoms with E-state index in [9.17, 15) is 17.6 Å². The highest BCUT2D eigenvalue weighted by molar-refractivity contribution is 5.59. The molecule has 5 rings (SSSR count). The van der Waals surface area contributed by atoms with Gasteiger partial charge in [-0.15, -0.1) is 0 Å². The zero-order valence-electron chi connectivity index (χ0n) is 15.6. The van der Waals surface area contributed by atoms with Gasteiger partial charge in [-0.2, -0.15) is 13.2 Å². The smallest absolute Gasteiger partial charge is 0.330 e. The summed E-state index contributed by atoms with van der Waals surface area (Å²) in [5, 5.41) is 0. The Kier molecular flexibility index (Phi) is 4.05. The fourth-order valence-corrected chi connectivity index (χ4v) is 4.69. The minimum Gasteiger partial charge on any atom is -0.330 e. The number of alkyl halides is 4. The third-order valence-electron chi connectivity index (χ3n) is 6.34. The zero-order valence-corrected chi connectivity index (χ0v) is 15.6. The molecule has 2 saturated carbocycles. The number of rotatable bonds is 5. The number of hydrogen-bond donors (Lipinski definition) is 0. The average molecular weight is 394 g/mol. The van der Waals surface area contributed by atoms with Gasteiger partial charge in [0, 0.05) is 55.2 Å². The van der Waals surface area contributed by atoms with Gasteiger partial charge in [0.25, 0.3) is 0 Å². The van der Waals surface area contributed by atoms with Gasteiger partial charge < -0.3 is 9.47 Å². The quantitative estimate of drug-likeness (QED) is 0.712. The molecule has 0 spiro atoms. The molecule has 3 aliphatic rings. The van der Waals surface area contributed by atoms with E-state index in [2.05, 4.69) is 14.5 Å². The molecule has 3 heterocycles. The number of hydrogen-bond acceptors (Lipinski definition) is 3. The lowest BCUT2D eigenvalue weighted by Gasteiger charge is -2.18. The molecule has 2 aromatic rings. The number of aryl methyl sites for hydroxylation is 1. The number of piperidine rings is 1. The van der Waals surface area contributed by atoms with Crippen LogP contribution >= 0.6 is 0 Å². The van der Waals surface area contributed by atoms with E-state index in [0.29, 0.717) is 41.6 Å². The number of nitrogens with zero attached hydrogens (tertiary/aromatic N) is 4. The highest BCUT2D eigenvalue weighted by Gasteiger charge is 2.57. The van der Waals surface area contributed by atoms with Crippen LogP contribution in [-0.4, -0.2) is 45.7 Å². The Bertz CT molecular complexity index is 890. The summed E-state index contributed by atoms with van der Waals surface area (Å²) in [5.74, 6) is 2.37. The fraction of sp³-hybridized carbons (Fsp3) is 0.600. The number of pyridine rings is 1. The molecule has 28 heavy (non-hydrogen) atoms. The van der Waals surface area contributed by atoms with Crippen molar-refractivity contribution in [1.29, 1.82) is 0 Å². The standard InChI is InChI=1S/C20H22F4N4/c1-11-16(20(22,23)24)6-13(7-25-11)17-10-28(19(26-17)12-2-3-12)18-14-8-27(5-4-21)9-15(14)18/h6-7,10,12,14-15,18H,2-5,8-9H2,1H3/t14-,15+,18?. The maximum Gasteiger partial charge on any atom is 0.418 e. The summed E-state index contributed by atoms with van der Waals surface area (Å²) < 4.78 is 54.6. The van der Waals surface area contributed by atoms with Crippen molar-refractivity contribution in [3.05, 3.63) is 35.5 Å². The number of imidazole rings is 1. The van der Waals surface area contributed by atoms with Gasteiger partial charge in [0.15, 0.2) is 0 Å². The van der Waals surface area contributed by atoms with Gasteiger partial charge >= 0.3 is 6.18 Å². The number of halogens is 4. The molecule has 0 N–H and O–H groups in total. The van der Waals surface area contributed by atoms with Crippen molar-refractivity contribution < 1.29 is 17.6 Å². The number of fused-ring (bicyclic) bond motifs is 1. The molecule has 3 fully saturated rings. The number of aromatic nitrogens is 3. The Morgan fingerprint density at radius 1 is 1.18 bits per heavy atom. The average Bonchev–Trinajstić information content (AvgIpc) is 3.51. The third-order valence-corrected chi connectivity index (χ3v) is 6.34. The molecular weight excluding hydrogens is 372 g/mol. The molecule has 3 atom stereocenters. The minimum atomic E-state index is -4.43. The van der Waals surface area contributed by atoms with Gasteiger partial charge in [-0.1, -0.05) is 0 Å². The lowest BCUT2D eigenvalue weighted by molar-refractivity contribution is -0.138. The summed E-state index contributed by atoms with van der Waals surface area (Å²) in [4.78, 5) is 10.8. The molecule has 0 aromatic carbocycles. The molecule has 4 nitrogen and oxygen atoms in total. The normalized spacial score (nSPS) is 27.2. The van der Waals surface area contributed by atoms with E-state index >= 15 is 0 Å². The van der Waals surface area contributed by atoms with E-state index in [1.54, 1.807) is 0 Å². The van der Waals surface area contributed by atoms with Crippen molar-refractivity contribution in [3.63, 3.8) is 0 Å². The Balaban J connectivity index is 1.45. The van der Waals surface area contributed by atoms with Crippen molar-refractivity contribution >= 4 is 0 Å². The van der Waals surface area contributed by atoms with Crippen molar-refractivity contribution in [2.75, 3.05) is 26.3 Å². The molecule has 0 bridgehead atoms. The number of likely N-dealkylation sites (tertiary alicyclic amines) is 1. The van der Waals surface area contributed by atoms with Crippen LogP contribution in [0.2, 0.25) is 0 Å². The van der Waals surface area contributed by atoms with Crippen LogP contribution in [-0.2, 0) is 6.18 Å². The summed E-state index contributed by atoms with van der Waals surface area (Å²) in [6.45, 7) is 3.31. The highest BCUT2D eigenvalue weighted by Crippen LogP contribution is 2.57. The maximum atomic E-state index is 13.3. The summed E-state index contributed by atoms with van der Waals surface area (Å²) in [5.41, 5.74) is 0.231. The van der Waals surface area contributed by atoms with E-state index in [0.717, 1.165) is 37.8 Å². The van der Waals surface area contributed by atoms with E-state index in [-0.39, 0.29) is 12.4 Å². The van der Waals surface area contributed by atoms with Crippen molar-refractivity contribution in [3.8, 4) is 11.3 Å². The van der Waals surface area contributed by atoms with Crippen LogP contribution in [0.1, 0.15) is 41.9 Å². The van der Waals surface area contributed by atoms with Gasteiger partial charge in [0.05, 0.1) is 11.3 Å². The van der Waals surface area contributed by atoms with Crippen LogP contribution in [0.3, 0.4) is 0 Å². The summed E-state index contributed by atoms with van der Waals surface area (Å²) >= 11 is 0. The molecule has 1 aliphatic heterocycles. The molecule has 0 amide bonds. The van der Waals surface area contributed by atoms with E-state index in [4.69, 9.17) is 4.98 Å². The van der Waals surface area contributed by atoms with Crippen LogP contribution in [0.15, 0.2) is 18.5 Å². The molecule has 8 heteroatoms. The van der Waals surface area contributed by atoms with E-state index in [1.807, 2.05) is 6.20 Å². The summed E-state index contributed by atoms with van der Waals surface area (Å²) in [7, 11) is 0. The van der Waals surface area contributed by atoms with Crippen LogP contribution in [0.5, 0.6) is 0 Å². The van der Waals surface area contributed by atoms with Crippen LogP contribution in [0, 0.1) is 18.8 Å². The molecular formula is C20H22F4N4. The van der Waals surface area contributed by atoms with E-state index < -0.39 is 11.7 Å². The second kappa shape index (κ2) is 6.27. The fourth-order valence-electron chi connectivity index (χ4n) is 4.69. The zero-order chi connectivity index (χ0) is 19.6. The SMILES string of the molecule is Cc1ncc(-c2cn(C3[C@H]4CN(CCF)C[C@@H]34)c(C3CC3)n2)cc1C(F)(F)F. The largest absolute Gasteiger partial charge is 0.418 e. The van der Waals surface area contributed by atoms with Crippen LogP contribution in [0.4, 0.5) is 17.6 Å². The Hall–Kier alpha value is -1.96. The maximum absolute atomic E-state index is 13.3. The summed E-state index contributed by atoms with van der Waals surface area (Å²) in [6, 6.07) is 1.50. The molecule has 2 aromatic heterocycles. The Morgan fingerprint density at radius 2 is 1.89 bits per heavy atom. The lowest BCUT2D eigenvalue weighted by atomic mass is 10.1. The first-order chi connectivity index (χ1) is 13.4.